The Hall–Kier alpha value is -2.89. The van der Waals surface area contributed by atoms with E-state index in [1.807, 2.05) is 13.8 Å². The Kier molecular flexibility index (Phi) is 25.5. The van der Waals surface area contributed by atoms with Crippen molar-refractivity contribution in [1.29, 1.82) is 0 Å². The van der Waals surface area contributed by atoms with E-state index in [0.717, 1.165) is 0 Å². The SMILES string of the molecule is CCOCC(C)(COCC)C(=O)OCC(C)(CC)C(=O)OCCOC(=O)C(C)(COC(=O)C(C)(COCC)COCC)COC(=O)C(C)(COCC)COCC. The van der Waals surface area contributed by atoms with Gasteiger partial charge >= 0.3 is 29.8 Å². The molecule has 0 radical (unpaired) electrons. The average molecular weight is 809 g/mol. The second-order valence-electron chi connectivity index (χ2n) is 15.0. The lowest BCUT2D eigenvalue weighted by Gasteiger charge is -2.32. The molecule has 56 heavy (non-hydrogen) atoms. The molecular formula is C40H72O16. The molecule has 0 saturated carbocycles. The van der Waals surface area contributed by atoms with Crippen molar-refractivity contribution in [2.45, 2.75) is 89.5 Å². The van der Waals surface area contributed by atoms with Gasteiger partial charge in [0.25, 0.3) is 0 Å². The van der Waals surface area contributed by atoms with Gasteiger partial charge in [-0.1, -0.05) is 6.92 Å². The van der Waals surface area contributed by atoms with Crippen molar-refractivity contribution in [3.8, 4) is 0 Å². The topological polar surface area (TPSA) is 187 Å². The number of hydrogen-bond donors (Lipinski definition) is 0. The van der Waals surface area contributed by atoms with E-state index in [-0.39, 0.29) is 65.9 Å². The first-order chi connectivity index (χ1) is 26.4. The molecule has 0 spiro atoms. The summed E-state index contributed by atoms with van der Waals surface area (Å²) in [5.74, 6) is -3.50. The molecule has 0 aromatic heterocycles. The number of carbonyl (C=O) groups is 5. The van der Waals surface area contributed by atoms with Crippen molar-refractivity contribution in [2.24, 2.45) is 27.1 Å². The summed E-state index contributed by atoms with van der Waals surface area (Å²) in [6, 6.07) is 0. The molecule has 0 heterocycles. The van der Waals surface area contributed by atoms with E-state index >= 15 is 0 Å². The van der Waals surface area contributed by atoms with E-state index in [1.165, 1.54) is 6.92 Å². The smallest absolute Gasteiger partial charge is 0.318 e. The molecule has 328 valence electrons. The molecule has 1 unspecified atom stereocenters. The quantitative estimate of drug-likeness (QED) is 0.0517. The Labute approximate surface area is 334 Å². The summed E-state index contributed by atoms with van der Waals surface area (Å²) < 4.78 is 61.0. The molecule has 0 aromatic rings. The van der Waals surface area contributed by atoms with Crippen LogP contribution < -0.4 is 0 Å². The lowest BCUT2D eigenvalue weighted by molar-refractivity contribution is -0.183. The molecule has 0 amide bonds. The highest BCUT2D eigenvalue weighted by Gasteiger charge is 2.45. The fourth-order valence-corrected chi connectivity index (χ4v) is 4.72. The molecule has 0 bridgehead atoms. The molecule has 0 fully saturated rings. The van der Waals surface area contributed by atoms with Crippen LogP contribution in [-0.4, -0.2) is 142 Å². The molecule has 16 heteroatoms. The van der Waals surface area contributed by atoms with E-state index in [0.29, 0.717) is 39.6 Å². The number of hydrogen-bond acceptors (Lipinski definition) is 16. The minimum atomic E-state index is -1.69. The van der Waals surface area contributed by atoms with Gasteiger partial charge in [0, 0.05) is 39.6 Å². The van der Waals surface area contributed by atoms with Crippen molar-refractivity contribution < 1.29 is 76.1 Å². The van der Waals surface area contributed by atoms with Gasteiger partial charge in [0.2, 0.25) is 0 Å². The van der Waals surface area contributed by atoms with Crippen LogP contribution >= 0.6 is 0 Å². The van der Waals surface area contributed by atoms with Crippen LogP contribution in [0, 0.1) is 27.1 Å². The van der Waals surface area contributed by atoms with Gasteiger partial charge in [-0.3, -0.25) is 24.0 Å². The Morgan fingerprint density at radius 2 is 0.500 bits per heavy atom. The minimum absolute atomic E-state index is 0.00675. The summed E-state index contributed by atoms with van der Waals surface area (Å²) >= 11 is 0. The van der Waals surface area contributed by atoms with Gasteiger partial charge in [-0.25, -0.2) is 0 Å². The molecule has 0 saturated heterocycles. The van der Waals surface area contributed by atoms with Crippen LogP contribution in [0.3, 0.4) is 0 Å². The van der Waals surface area contributed by atoms with Gasteiger partial charge in [0.15, 0.2) is 0 Å². The first-order valence-corrected chi connectivity index (χ1v) is 19.7. The monoisotopic (exact) mass is 808 g/mol. The molecular weight excluding hydrogens is 736 g/mol. The molecule has 0 N–H and O–H groups in total. The zero-order chi connectivity index (χ0) is 42.9. The number of rotatable bonds is 33. The third kappa shape index (κ3) is 17.7. The van der Waals surface area contributed by atoms with Gasteiger partial charge in [-0.2, -0.15) is 0 Å². The molecule has 0 aromatic carbocycles. The lowest BCUT2D eigenvalue weighted by Crippen LogP contribution is -2.46. The van der Waals surface area contributed by atoms with Gasteiger partial charge in [0.1, 0.15) is 54.7 Å². The zero-order valence-electron chi connectivity index (χ0n) is 36.3. The third-order valence-electron chi connectivity index (χ3n) is 9.11. The van der Waals surface area contributed by atoms with Gasteiger partial charge in [0.05, 0.1) is 45.1 Å². The maximum absolute atomic E-state index is 13.7. The van der Waals surface area contributed by atoms with E-state index in [2.05, 4.69) is 0 Å². The van der Waals surface area contributed by atoms with Crippen LogP contribution in [-0.2, 0) is 76.1 Å². The normalized spacial score (nSPS) is 13.4. The first kappa shape index (κ1) is 53.1. The van der Waals surface area contributed by atoms with Crippen molar-refractivity contribution in [2.75, 3.05) is 112 Å². The standard InChI is InChI=1S/C40H72O16/c1-13-36(8,28-54-33(43)37(9,22-46-14-2)23-47-15-3)31(41)52-20-21-53-32(42)40(12,29-55-34(44)38(10,24-48-16-4)25-49-17-5)30-56-35(45)39(11,26-50-18-6)27-51-19-7/h13-30H2,1-12H3. The highest BCUT2D eigenvalue weighted by Crippen LogP contribution is 2.29. The number of esters is 5. The first-order valence-electron chi connectivity index (χ1n) is 19.7. The van der Waals surface area contributed by atoms with Crippen LogP contribution in [0.4, 0.5) is 0 Å². The fraction of sp³-hybridized carbons (Fsp3) is 0.875. The average Bonchev–Trinajstić information content (AvgIpc) is 3.20. The minimum Gasteiger partial charge on any atom is -0.464 e. The number of carbonyl (C=O) groups excluding carboxylic acids is 5. The number of ether oxygens (including phenoxy) is 11. The Morgan fingerprint density at radius 1 is 0.304 bits per heavy atom. The summed E-state index contributed by atoms with van der Waals surface area (Å²) in [5.41, 5.74) is -6.36. The Balaban J connectivity index is 5.92. The second-order valence-corrected chi connectivity index (χ2v) is 15.0. The predicted octanol–water partition coefficient (Wildman–Crippen LogP) is 4.36. The largest absolute Gasteiger partial charge is 0.464 e. The van der Waals surface area contributed by atoms with Gasteiger partial charge in [-0.05, 0) is 82.6 Å². The van der Waals surface area contributed by atoms with Gasteiger partial charge in [-0.15, -0.1) is 0 Å². The third-order valence-corrected chi connectivity index (χ3v) is 9.11. The second kappa shape index (κ2) is 26.9. The van der Waals surface area contributed by atoms with Crippen LogP contribution in [0.1, 0.15) is 89.5 Å². The molecule has 0 aliphatic heterocycles. The maximum atomic E-state index is 13.7. The Bertz CT molecular complexity index is 1110. The van der Waals surface area contributed by atoms with Crippen LogP contribution in [0.25, 0.3) is 0 Å². The highest BCUT2D eigenvalue weighted by atomic mass is 16.6. The Morgan fingerprint density at radius 3 is 0.732 bits per heavy atom. The van der Waals surface area contributed by atoms with Crippen LogP contribution in [0.2, 0.25) is 0 Å². The lowest BCUT2D eigenvalue weighted by atomic mass is 9.88. The molecule has 0 rings (SSSR count). The van der Waals surface area contributed by atoms with Crippen molar-refractivity contribution in [3.05, 3.63) is 0 Å². The maximum Gasteiger partial charge on any atom is 0.318 e. The summed E-state index contributed by atoms with van der Waals surface area (Å²) in [7, 11) is 0. The summed E-state index contributed by atoms with van der Waals surface area (Å²) in [4.78, 5) is 66.8. The zero-order valence-corrected chi connectivity index (χ0v) is 36.3. The van der Waals surface area contributed by atoms with Crippen molar-refractivity contribution in [1.82, 2.24) is 0 Å². The molecule has 1 atom stereocenters. The van der Waals surface area contributed by atoms with Crippen LogP contribution in [0.15, 0.2) is 0 Å². The summed E-state index contributed by atoms with van der Waals surface area (Å²) in [6.07, 6.45) is 0.276. The van der Waals surface area contributed by atoms with E-state index in [1.54, 1.807) is 62.3 Å². The van der Waals surface area contributed by atoms with Crippen LogP contribution in [0.5, 0.6) is 0 Å². The molecule has 0 aliphatic carbocycles. The van der Waals surface area contributed by atoms with E-state index < -0.39 is 70.1 Å². The van der Waals surface area contributed by atoms with Gasteiger partial charge < -0.3 is 52.1 Å². The molecule has 0 aliphatic rings. The van der Waals surface area contributed by atoms with E-state index in [4.69, 9.17) is 52.1 Å². The summed E-state index contributed by atoms with van der Waals surface area (Å²) in [6.45, 7) is 20.9. The van der Waals surface area contributed by atoms with E-state index in [9.17, 15) is 24.0 Å². The fourth-order valence-electron chi connectivity index (χ4n) is 4.72. The highest BCUT2D eigenvalue weighted by molar-refractivity contribution is 5.81. The van der Waals surface area contributed by atoms with Crippen molar-refractivity contribution >= 4 is 29.8 Å². The predicted molar refractivity (Wildman–Crippen MR) is 205 cm³/mol. The summed E-state index contributed by atoms with van der Waals surface area (Å²) in [5, 5.41) is 0. The molecule has 16 nitrogen and oxygen atoms in total. The van der Waals surface area contributed by atoms with Crippen molar-refractivity contribution in [3.63, 3.8) is 0 Å².